The highest BCUT2D eigenvalue weighted by Crippen LogP contribution is 2.52. The van der Waals surface area contributed by atoms with Crippen LogP contribution in [0.3, 0.4) is 0 Å². The minimum atomic E-state index is -4.24. The Kier molecular flexibility index (Phi) is 7.30. The van der Waals surface area contributed by atoms with Gasteiger partial charge in [0.05, 0.1) is 12.7 Å². The van der Waals surface area contributed by atoms with Gasteiger partial charge >= 0.3 is 13.8 Å². The SMILES string of the molecule is CCOC(=O)/C=C(\OP(=O)(Oc1ccccc1)Oc1ccccc1)c1ccccc1. The molecule has 3 rings (SSSR count). The first-order valence-corrected chi connectivity index (χ1v) is 10.8. The zero-order chi connectivity index (χ0) is 21.2. The lowest BCUT2D eigenvalue weighted by atomic mass is 10.2. The number of benzene rings is 3. The number of phosphoric ester groups is 1. The van der Waals surface area contributed by atoms with E-state index in [4.69, 9.17) is 18.3 Å². The molecular weight excluding hydrogens is 403 g/mol. The number of rotatable bonds is 9. The third kappa shape index (κ3) is 6.26. The molecule has 3 aromatic rings. The third-order valence-corrected chi connectivity index (χ3v) is 5.01. The van der Waals surface area contributed by atoms with E-state index in [1.807, 2.05) is 6.07 Å². The van der Waals surface area contributed by atoms with Crippen molar-refractivity contribution in [2.45, 2.75) is 6.92 Å². The lowest BCUT2D eigenvalue weighted by Gasteiger charge is -2.21. The molecule has 0 aliphatic carbocycles. The molecule has 0 bridgehead atoms. The van der Waals surface area contributed by atoms with Gasteiger partial charge in [0, 0.05) is 5.56 Å². The van der Waals surface area contributed by atoms with E-state index in [0.717, 1.165) is 6.08 Å². The Morgan fingerprint density at radius 1 is 0.800 bits per heavy atom. The minimum Gasteiger partial charge on any atom is -0.463 e. The summed E-state index contributed by atoms with van der Waals surface area (Å²) in [6.45, 7) is 1.88. The first kappa shape index (κ1) is 21.2. The molecule has 0 amide bonds. The summed E-state index contributed by atoms with van der Waals surface area (Å²) in [6, 6.07) is 25.8. The summed E-state index contributed by atoms with van der Waals surface area (Å²) in [4.78, 5) is 12.1. The van der Waals surface area contributed by atoms with Gasteiger partial charge in [-0.15, -0.1) is 0 Å². The van der Waals surface area contributed by atoms with Gasteiger partial charge in [0.25, 0.3) is 0 Å². The van der Waals surface area contributed by atoms with Crippen LogP contribution in [-0.2, 0) is 18.6 Å². The van der Waals surface area contributed by atoms with E-state index in [1.54, 1.807) is 91.9 Å². The molecular formula is C23H21O6P. The molecule has 0 atom stereocenters. The van der Waals surface area contributed by atoms with Gasteiger partial charge in [-0.3, -0.25) is 0 Å². The number of carbonyl (C=O) groups is 1. The van der Waals surface area contributed by atoms with Crippen LogP contribution in [0.1, 0.15) is 12.5 Å². The van der Waals surface area contributed by atoms with Crippen molar-refractivity contribution in [2.75, 3.05) is 6.61 Å². The topological polar surface area (TPSA) is 71.1 Å². The molecule has 0 spiro atoms. The maximum Gasteiger partial charge on any atom is 0.647 e. The molecule has 0 aliphatic rings. The number of hydrogen-bond donors (Lipinski definition) is 0. The van der Waals surface area contributed by atoms with Gasteiger partial charge in [0.2, 0.25) is 0 Å². The Hall–Kier alpha value is -3.50. The van der Waals surface area contributed by atoms with E-state index >= 15 is 0 Å². The lowest BCUT2D eigenvalue weighted by molar-refractivity contribution is -0.137. The van der Waals surface area contributed by atoms with Crippen molar-refractivity contribution in [2.24, 2.45) is 0 Å². The monoisotopic (exact) mass is 424 g/mol. The number of esters is 1. The second kappa shape index (κ2) is 10.3. The summed E-state index contributed by atoms with van der Waals surface area (Å²) in [6.07, 6.45) is 1.12. The summed E-state index contributed by atoms with van der Waals surface area (Å²) in [7, 11) is -4.24. The van der Waals surface area contributed by atoms with Gasteiger partial charge in [0.1, 0.15) is 17.3 Å². The Morgan fingerprint density at radius 2 is 1.27 bits per heavy atom. The van der Waals surface area contributed by atoms with Crippen LogP contribution in [-0.4, -0.2) is 12.6 Å². The van der Waals surface area contributed by atoms with Gasteiger partial charge in [-0.25, -0.2) is 4.79 Å². The Balaban J connectivity index is 1.97. The fraction of sp³-hybridized carbons (Fsp3) is 0.0870. The van der Waals surface area contributed by atoms with E-state index in [-0.39, 0.29) is 12.4 Å². The second-order valence-electron chi connectivity index (χ2n) is 5.97. The van der Waals surface area contributed by atoms with Gasteiger partial charge in [-0.2, -0.15) is 4.57 Å². The van der Waals surface area contributed by atoms with Crippen molar-refractivity contribution < 1.29 is 27.7 Å². The van der Waals surface area contributed by atoms with Gasteiger partial charge in [0.15, 0.2) is 0 Å². The number of phosphoric acid groups is 1. The summed E-state index contributed by atoms with van der Waals surface area (Å²) in [5.41, 5.74) is 0.513. The van der Waals surface area contributed by atoms with Crippen LogP contribution in [0.2, 0.25) is 0 Å². The molecule has 0 heterocycles. The lowest BCUT2D eigenvalue weighted by Crippen LogP contribution is -2.07. The van der Waals surface area contributed by atoms with Crippen LogP contribution in [0.5, 0.6) is 11.5 Å². The van der Waals surface area contributed by atoms with E-state index in [0.29, 0.717) is 17.1 Å². The molecule has 154 valence electrons. The molecule has 0 aliphatic heterocycles. The Bertz CT molecular complexity index is 974. The average Bonchev–Trinajstić information content (AvgIpc) is 2.75. The first-order chi connectivity index (χ1) is 14.6. The van der Waals surface area contributed by atoms with Gasteiger partial charge < -0.3 is 18.3 Å². The van der Waals surface area contributed by atoms with Gasteiger partial charge in [-0.05, 0) is 31.2 Å². The molecule has 7 heteroatoms. The van der Waals surface area contributed by atoms with Crippen molar-refractivity contribution in [1.29, 1.82) is 0 Å². The normalized spacial score (nSPS) is 11.4. The van der Waals surface area contributed by atoms with E-state index in [1.165, 1.54) is 0 Å². The highest BCUT2D eigenvalue weighted by atomic mass is 31.2. The van der Waals surface area contributed by atoms with Crippen LogP contribution >= 0.6 is 7.82 Å². The van der Waals surface area contributed by atoms with Crippen LogP contribution in [0.15, 0.2) is 97.1 Å². The van der Waals surface area contributed by atoms with Crippen molar-refractivity contribution in [3.05, 3.63) is 103 Å². The standard InChI is InChI=1S/C23H21O6P/c1-2-26-23(24)18-22(19-12-6-3-7-13-19)29-30(25,27-20-14-8-4-9-15-20)28-21-16-10-5-11-17-21/h3-18H,2H2,1H3/b22-18-. The highest BCUT2D eigenvalue weighted by molar-refractivity contribution is 7.49. The van der Waals surface area contributed by atoms with Crippen molar-refractivity contribution in [1.82, 2.24) is 0 Å². The number of carbonyl (C=O) groups excluding carboxylic acids is 1. The van der Waals surface area contributed by atoms with Crippen LogP contribution < -0.4 is 9.05 Å². The van der Waals surface area contributed by atoms with Crippen molar-refractivity contribution in [3.63, 3.8) is 0 Å². The number of para-hydroxylation sites is 2. The first-order valence-electron chi connectivity index (χ1n) is 9.31. The number of ether oxygens (including phenoxy) is 1. The maximum atomic E-state index is 13.6. The molecule has 0 saturated carbocycles. The fourth-order valence-electron chi connectivity index (χ4n) is 2.45. The van der Waals surface area contributed by atoms with Crippen molar-refractivity contribution >= 4 is 19.6 Å². The molecule has 30 heavy (non-hydrogen) atoms. The van der Waals surface area contributed by atoms with Gasteiger partial charge in [-0.1, -0.05) is 66.7 Å². The van der Waals surface area contributed by atoms with Crippen LogP contribution in [0, 0.1) is 0 Å². The zero-order valence-corrected chi connectivity index (χ0v) is 17.2. The molecule has 0 aromatic heterocycles. The maximum absolute atomic E-state index is 13.6. The zero-order valence-electron chi connectivity index (χ0n) is 16.3. The fourth-order valence-corrected chi connectivity index (χ4v) is 3.72. The predicted molar refractivity (Wildman–Crippen MR) is 114 cm³/mol. The van der Waals surface area contributed by atoms with Crippen molar-refractivity contribution in [3.8, 4) is 11.5 Å². The van der Waals surface area contributed by atoms with E-state index in [2.05, 4.69) is 0 Å². The average molecular weight is 424 g/mol. The Morgan fingerprint density at radius 3 is 1.73 bits per heavy atom. The third-order valence-electron chi connectivity index (χ3n) is 3.72. The minimum absolute atomic E-state index is 0.00393. The Labute approximate surface area is 175 Å². The summed E-state index contributed by atoms with van der Waals surface area (Å²) in [5, 5.41) is 0. The summed E-state index contributed by atoms with van der Waals surface area (Å²) in [5.74, 6) is -0.0489. The molecule has 3 aromatic carbocycles. The smallest absolute Gasteiger partial charge is 0.463 e. The second-order valence-corrected chi connectivity index (χ2v) is 7.42. The van der Waals surface area contributed by atoms with Crippen LogP contribution in [0.25, 0.3) is 5.76 Å². The largest absolute Gasteiger partial charge is 0.647 e. The molecule has 0 fully saturated rings. The molecule has 0 N–H and O–H groups in total. The summed E-state index contributed by atoms with van der Waals surface area (Å²) >= 11 is 0. The van der Waals surface area contributed by atoms with E-state index < -0.39 is 13.8 Å². The molecule has 0 radical (unpaired) electrons. The highest BCUT2D eigenvalue weighted by Gasteiger charge is 2.34. The molecule has 0 saturated heterocycles. The molecule has 0 unspecified atom stereocenters. The van der Waals surface area contributed by atoms with E-state index in [9.17, 15) is 9.36 Å². The van der Waals surface area contributed by atoms with Crippen LogP contribution in [0.4, 0.5) is 0 Å². The molecule has 6 nitrogen and oxygen atoms in total. The number of hydrogen-bond acceptors (Lipinski definition) is 6. The predicted octanol–water partition coefficient (Wildman–Crippen LogP) is 5.87. The summed E-state index contributed by atoms with van der Waals surface area (Å²) < 4.78 is 35.5. The quantitative estimate of drug-likeness (QED) is 0.185.